The molecular weight excluding hydrogens is 250 g/mol. The van der Waals surface area contributed by atoms with Gasteiger partial charge in [0.05, 0.1) is 0 Å². The maximum absolute atomic E-state index is 12.7. The third kappa shape index (κ3) is 3.34. The number of amides is 1. The molecule has 0 radical (unpaired) electrons. The van der Waals surface area contributed by atoms with Crippen LogP contribution in [-0.4, -0.2) is 54.0 Å². The second-order valence-electron chi connectivity index (χ2n) is 6.60. The summed E-state index contributed by atoms with van der Waals surface area (Å²) in [5, 5.41) is 0. The highest BCUT2D eigenvalue weighted by Crippen LogP contribution is 2.31. The SMILES string of the molecule is CCN(CC)C1CCN(C(=O)C2CCC(N)CC2C)C1. The minimum atomic E-state index is 0.213. The first-order valence-corrected chi connectivity index (χ1v) is 8.35. The van der Waals surface area contributed by atoms with Crippen LogP contribution in [0.3, 0.4) is 0 Å². The van der Waals surface area contributed by atoms with E-state index >= 15 is 0 Å². The molecule has 4 heteroatoms. The fourth-order valence-electron chi connectivity index (χ4n) is 4.02. The Morgan fingerprint density at radius 3 is 2.55 bits per heavy atom. The minimum Gasteiger partial charge on any atom is -0.341 e. The van der Waals surface area contributed by atoms with Crippen molar-refractivity contribution in [3.05, 3.63) is 0 Å². The molecule has 1 heterocycles. The van der Waals surface area contributed by atoms with Crippen LogP contribution in [0.15, 0.2) is 0 Å². The van der Waals surface area contributed by atoms with Crippen molar-refractivity contribution in [2.24, 2.45) is 17.6 Å². The lowest BCUT2D eigenvalue weighted by molar-refractivity contribution is -0.137. The van der Waals surface area contributed by atoms with Crippen LogP contribution in [0.5, 0.6) is 0 Å². The molecule has 0 bridgehead atoms. The molecular formula is C16H31N3O. The molecule has 4 nitrogen and oxygen atoms in total. The van der Waals surface area contributed by atoms with Gasteiger partial charge in [-0.05, 0) is 44.7 Å². The molecule has 1 aliphatic carbocycles. The molecule has 1 amide bonds. The number of hydrogen-bond donors (Lipinski definition) is 1. The average Bonchev–Trinajstić information content (AvgIpc) is 2.89. The van der Waals surface area contributed by atoms with Crippen molar-refractivity contribution < 1.29 is 4.79 Å². The lowest BCUT2D eigenvalue weighted by Gasteiger charge is -2.34. The van der Waals surface area contributed by atoms with E-state index in [-0.39, 0.29) is 5.92 Å². The monoisotopic (exact) mass is 281 g/mol. The molecule has 0 aromatic heterocycles. The highest BCUT2D eigenvalue weighted by Gasteiger charge is 2.37. The Bertz CT molecular complexity index is 330. The first kappa shape index (κ1) is 15.8. The predicted octanol–water partition coefficient (Wildman–Crippen LogP) is 1.69. The lowest BCUT2D eigenvalue weighted by atomic mass is 9.77. The Morgan fingerprint density at radius 2 is 1.95 bits per heavy atom. The largest absolute Gasteiger partial charge is 0.341 e. The Labute approximate surface area is 123 Å². The van der Waals surface area contributed by atoms with Gasteiger partial charge < -0.3 is 10.6 Å². The molecule has 116 valence electrons. The third-order valence-corrected chi connectivity index (χ3v) is 5.33. The number of carbonyl (C=O) groups is 1. The van der Waals surface area contributed by atoms with Crippen LogP contribution in [-0.2, 0) is 4.79 Å². The zero-order chi connectivity index (χ0) is 14.7. The molecule has 20 heavy (non-hydrogen) atoms. The van der Waals surface area contributed by atoms with E-state index in [0.717, 1.165) is 51.9 Å². The van der Waals surface area contributed by atoms with Gasteiger partial charge in [-0.25, -0.2) is 0 Å². The van der Waals surface area contributed by atoms with Gasteiger partial charge in [0.2, 0.25) is 5.91 Å². The molecule has 2 aliphatic rings. The van der Waals surface area contributed by atoms with Crippen molar-refractivity contribution in [2.45, 2.75) is 58.5 Å². The van der Waals surface area contributed by atoms with Crippen molar-refractivity contribution in [2.75, 3.05) is 26.2 Å². The minimum absolute atomic E-state index is 0.213. The molecule has 1 saturated heterocycles. The van der Waals surface area contributed by atoms with E-state index in [1.54, 1.807) is 0 Å². The summed E-state index contributed by atoms with van der Waals surface area (Å²) in [6, 6.07) is 0.867. The molecule has 1 aliphatic heterocycles. The number of hydrogen-bond acceptors (Lipinski definition) is 3. The quantitative estimate of drug-likeness (QED) is 0.853. The number of likely N-dealkylation sites (tertiary alicyclic amines) is 1. The van der Waals surface area contributed by atoms with E-state index < -0.39 is 0 Å². The number of likely N-dealkylation sites (N-methyl/N-ethyl adjacent to an activating group) is 1. The van der Waals surface area contributed by atoms with Crippen LogP contribution >= 0.6 is 0 Å². The maximum atomic E-state index is 12.7. The second kappa shape index (κ2) is 6.90. The van der Waals surface area contributed by atoms with E-state index in [0.29, 0.717) is 23.9 Å². The smallest absolute Gasteiger partial charge is 0.226 e. The summed E-state index contributed by atoms with van der Waals surface area (Å²) in [6.07, 6.45) is 4.12. The average molecular weight is 281 g/mol. The van der Waals surface area contributed by atoms with Crippen molar-refractivity contribution in [3.63, 3.8) is 0 Å². The highest BCUT2D eigenvalue weighted by atomic mass is 16.2. The van der Waals surface area contributed by atoms with Gasteiger partial charge >= 0.3 is 0 Å². The van der Waals surface area contributed by atoms with Gasteiger partial charge in [0, 0.05) is 31.1 Å². The molecule has 0 aromatic rings. The molecule has 0 spiro atoms. The fourth-order valence-corrected chi connectivity index (χ4v) is 4.02. The van der Waals surface area contributed by atoms with Crippen molar-refractivity contribution in [1.82, 2.24) is 9.80 Å². The van der Waals surface area contributed by atoms with Gasteiger partial charge in [-0.3, -0.25) is 9.69 Å². The van der Waals surface area contributed by atoms with Gasteiger partial charge in [-0.1, -0.05) is 20.8 Å². The van der Waals surface area contributed by atoms with Gasteiger partial charge in [-0.15, -0.1) is 0 Å². The second-order valence-corrected chi connectivity index (χ2v) is 6.60. The summed E-state index contributed by atoms with van der Waals surface area (Å²) in [5.41, 5.74) is 6.01. The number of nitrogens with two attached hydrogens (primary N) is 1. The van der Waals surface area contributed by atoms with Crippen LogP contribution in [0.1, 0.15) is 46.5 Å². The summed E-state index contributed by atoms with van der Waals surface area (Å²) < 4.78 is 0. The summed E-state index contributed by atoms with van der Waals surface area (Å²) >= 11 is 0. The zero-order valence-corrected chi connectivity index (χ0v) is 13.3. The van der Waals surface area contributed by atoms with E-state index in [9.17, 15) is 4.79 Å². The van der Waals surface area contributed by atoms with Crippen LogP contribution in [0.25, 0.3) is 0 Å². The topological polar surface area (TPSA) is 49.6 Å². The molecule has 0 aromatic carbocycles. The molecule has 2 N–H and O–H groups in total. The number of nitrogens with zero attached hydrogens (tertiary/aromatic N) is 2. The van der Waals surface area contributed by atoms with Gasteiger partial charge in [-0.2, -0.15) is 0 Å². The standard InChI is InChI=1S/C16H31N3O/c1-4-18(5-2)14-8-9-19(11-14)16(20)15-7-6-13(17)10-12(15)3/h12-15H,4-11,17H2,1-3H3. The van der Waals surface area contributed by atoms with E-state index in [4.69, 9.17) is 5.73 Å². The first-order valence-electron chi connectivity index (χ1n) is 8.35. The van der Waals surface area contributed by atoms with E-state index in [2.05, 4.69) is 30.6 Å². The van der Waals surface area contributed by atoms with Crippen molar-refractivity contribution in [3.8, 4) is 0 Å². The number of carbonyl (C=O) groups excluding carboxylic acids is 1. The molecule has 4 unspecified atom stereocenters. The van der Waals surface area contributed by atoms with Crippen molar-refractivity contribution in [1.29, 1.82) is 0 Å². The Kier molecular flexibility index (Phi) is 5.44. The van der Waals surface area contributed by atoms with E-state index in [1.165, 1.54) is 0 Å². The van der Waals surface area contributed by atoms with Crippen LogP contribution in [0, 0.1) is 11.8 Å². The lowest BCUT2D eigenvalue weighted by Crippen LogP contribution is -2.44. The predicted molar refractivity (Wildman–Crippen MR) is 82.4 cm³/mol. The summed E-state index contributed by atoms with van der Waals surface area (Å²) in [7, 11) is 0. The summed E-state index contributed by atoms with van der Waals surface area (Å²) in [6.45, 7) is 10.6. The van der Waals surface area contributed by atoms with Crippen LogP contribution < -0.4 is 5.73 Å². The maximum Gasteiger partial charge on any atom is 0.226 e. The molecule has 2 rings (SSSR count). The number of rotatable bonds is 4. The van der Waals surface area contributed by atoms with Gasteiger partial charge in [0.1, 0.15) is 0 Å². The molecule has 4 atom stereocenters. The van der Waals surface area contributed by atoms with Gasteiger partial charge in [0.15, 0.2) is 0 Å². The first-order chi connectivity index (χ1) is 9.56. The Balaban J connectivity index is 1.91. The zero-order valence-electron chi connectivity index (χ0n) is 13.3. The third-order valence-electron chi connectivity index (χ3n) is 5.33. The summed E-state index contributed by atoms with van der Waals surface area (Å²) in [4.78, 5) is 17.3. The van der Waals surface area contributed by atoms with Crippen molar-refractivity contribution >= 4 is 5.91 Å². The van der Waals surface area contributed by atoms with Crippen LogP contribution in [0.4, 0.5) is 0 Å². The Hall–Kier alpha value is -0.610. The van der Waals surface area contributed by atoms with Gasteiger partial charge in [0.25, 0.3) is 0 Å². The highest BCUT2D eigenvalue weighted by molar-refractivity contribution is 5.79. The van der Waals surface area contributed by atoms with E-state index in [1.807, 2.05) is 0 Å². The normalized spacial score (nSPS) is 34.8. The Morgan fingerprint density at radius 1 is 1.25 bits per heavy atom. The molecule has 2 fully saturated rings. The summed E-state index contributed by atoms with van der Waals surface area (Å²) in [5.74, 6) is 1.04. The molecule has 1 saturated carbocycles. The fraction of sp³-hybridized carbons (Fsp3) is 0.938. The van der Waals surface area contributed by atoms with Crippen LogP contribution in [0.2, 0.25) is 0 Å².